The molecule has 9 heteroatoms. The van der Waals surface area contributed by atoms with E-state index in [1.165, 1.54) is 25.7 Å². The number of aromatic nitrogens is 2. The van der Waals surface area contributed by atoms with Crippen LogP contribution in [0.15, 0.2) is 60.9 Å². The van der Waals surface area contributed by atoms with Crippen LogP contribution in [0.5, 0.6) is 0 Å². The third-order valence-corrected chi connectivity index (χ3v) is 10.3. The van der Waals surface area contributed by atoms with Gasteiger partial charge in [0.25, 0.3) is 0 Å². The second-order valence-electron chi connectivity index (χ2n) is 12.6. The summed E-state index contributed by atoms with van der Waals surface area (Å²) in [6.45, 7) is 0. The van der Waals surface area contributed by atoms with Gasteiger partial charge in [-0.2, -0.15) is 0 Å². The number of fused-ring (bicyclic) bond motifs is 6. The number of carbonyl (C=O) groups excluding carboxylic acids is 2. The largest absolute Gasteiger partial charge is 0.459 e. The zero-order valence-electron chi connectivity index (χ0n) is 24.8. The molecule has 6 atom stereocenters. The summed E-state index contributed by atoms with van der Waals surface area (Å²) in [4.78, 5) is 36.1. The minimum Gasteiger partial charge on any atom is -0.459 e. The Morgan fingerprint density at radius 2 is 0.977 bits per heavy atom. The highest BCUT2D eigenvalue weighted by atomic mass is 35.5. The summed E-state index contributed by atoms with van der Waals surface area (Å²) in [6, 6.07) is 18.0. The second-order valence-corrected chi connectivity index (χ2v) is 12.6. The van der Waals surface area contributed by atoms with Crippen LogP contribution in [-0.2, 0) is 9.47 Å². The van der Waals surface area contributed by atoms with Gasteiger partial charge in [0, 0.05) is 84.1 Å². The van der Waals surface area contributed by atoms with Crippen LogP contribution in [0, 0.1) is 0 Å². The summed E-state index contributed by atoms with van der Waals surface area (Å²) in [5.74, 6) is -0.386. The Morgan fingerprint density at radius 3 is 1.35 bits per heavy atom. The molecule has 4 fully saturated rings. The van der Waals surface area contributed by atoms with Gasteiger partial charge in [0.15, 0.2) is 0 Å². The fourth-order valence-electron chi connectivity index (χ4n) is 7.83. The highest BCUT2D eigenvalue weighted by Crippen LogP contribution is 2.37. The quantitative estimate of drug-likeness (QED) is 0.265. The maximum Gasteiger partial charge on any atom is 0.340 e. The molecule has 8 nitrogen and oxygen atoms in total. The smallest absolute Gasteiger partial charge is 0.340 e. The number of nitrogens with zero attached hydrogens (tertiary/aromatic N) is 2. The Morgan fingerprint density at radius 1 is 0.628 bits per heavy atom. The molecular weight excluding hydrogens is 564 g/mol. The SMILES string of the molecule is CN1[C@@H]2CC[C@H]1C[C@@H](OC(=O)c1c[nH]c3ccccc13)C2.CN1[C@@H]2CC[C@H]1C[C@@H](OC(=O)c1c[nH]c3ccccc13)C2.Cl. The normalized spacial score (nSPS) is 28.2. The number of H-pyrrole nitrogens is 2. The summed E-state index contributed by atoms with van der Waals surface area (Å²) >= 11 is 0. The van der Waals surface area contributed by atoms with Gasteiger partial charge in [-0.1, -0.05) is 36.4 Å². The molecular formula is C34H41ClN4O4. The van der Waals surface area contributed by atoms with E-state index in [0.717, 1.165) is 47.5 Å². The third kappa shape index (κ3) is 5.80. The van der Waals surface area contributed by atoms with Crippen LogP contribution < -0.4 is 0 Å². The lowest BCUT2D eigenvalue weighted by atomic mass is 10.0. The zero-order valence-corrected chi connectivity index (χ0v) is 25.6. The zero-order chi connectivity index (χ0) is 28.8. The highest BCUT2D eigenvalue weighted by molar-refractivity contribution is 6.04. The van der Waals surface area contributed by atoms with Crippen LogP contribution in [0.3, 0.4) is 0 Å². The number of para-hydroxylation sites is 2. The molecule has 2 N–H and O–H groups in total. The van der Waals surface area contributed by atoms with Crippen molar-refractivity contribution in [2.75, 3.05) is 14.1 Å². The fourth-order valence-corrected chi connectivity index (χ4v) is 7.83. The van der Waals surface area contributed by atoms with Gasteiger partial charge in [0.2, 0.25) is 0 Å². The average Bonchev–Trinajstić information content (AvgIpc) is 3.71. The summed E-state index contributed by atoms with van der Waals surface area (Å²) < 4.78 is 11.6. The molecule has 2 aromatic carbocycles. The monoisotopic (exact) mass is 604 g/mol. The van der Waals surface area contributed by atoms with Gasteiger partial charge in [0.05, 0.1) is 11.1 Å². The van der Waals surface area contributed by atoms with E-state index in [-0.39, 0.29) is 36.6 Å². The number of hydrogen-bond acceptors (Lipinski definition) is 6. The van der Waals surface area contributed by atoms with Crippen molar-refractivity contribution in [3.05, 3.63) is 72.1 Å². The van der Waals surface area contributed by atoms with Crippen LogP contribution in [0.2, 0.25) is 0 Å². The lowest BCUT2D eigenvalue weighted by Crippen LogP contribution is -2.43. The predicted octanol–water partition coefficient (Wildman–Crippen LogP) is 6.32. The minimum absolute atomic E-state index is 0. The van der Waals surface area contributed by atoms with E-state index < -0.39 is 0 Å². The van der Waals surface area contributed by atoms with Crippen molar-refractivity contribution in [3.8, 4) is 0 Å². The van der Waals surface area contributed by atoms with Gasteiger partial charge >= 0.3 is 11.9 Å². The molecule has 43 heavy (non-hydrogen) atoms. The van der Waals surface area contributed by atoms with Crippen LogP contribution >= 0.6 is 12.4 Å². The Hall–Kier alpha value is -3.33. The summed E-state index contributed by atoms with van der Waals surface area (Å²) in [6.07, 6.45) is 12.5. The van der Waals surface area contributed by atoms with E-state index in [4.69, 9.17) is 9.47 Å². The van der Waals surface area contributed by atoms with Gasteiger partial charge < -0.3 is 29.2 Å². The first-order valence-corrected chi connectivity index (χ1v) is 15.4. The second kappa shape index (κ2) is 12.3. The number of nitrogens with one attached hydrogen (secondary N) is 2. The first-order chi connectivity index (χ1) is 20.4. The van der Waals surface area contributed by atoms with Crippen molar-refractivity contribution in [2.24, 2.45) is 0 Å². The van der Waals surface area contributed by atoms with Crippen LogP contribution in [0.25, 0.3) is 21.8 Å². The molecule has 0 radical (unpaired) electrons. The summed E-state index contributed by atoms with van der Waals surface area (Å²) in [7, 11) is 4.39. The van der Waals surface area contributed by atoms with E-state index in [2.05, 4.69) is 33.9 Å². The number of rotatable bonds is 4. The first-order valence-electron chi connectivity index (χ1n) is 15.4. The van der Waals surface area contributed by atoms with Crippen molar-refractivity contribution in [2.45, 2.75) is 87.7 Å². The topological polar surface area (TPSA) is 90.7 Å². The van der Waals surface area contributed by atoms with Gasteiger partial charge in [-0.25, -0.2) is 9.59 Å². The Kier molecular flexibility index (Phi) is 8.54. The van der Waals surface area contributed by atoms with Gasteiger partial charge in [-0.3, -0.25) is 0 Å². The van der Waals surface area contributed by atoms with Crippen molar-refractivity contribution < 1.29 is 19.1 Å². The van der Waals surface area contributed by atoms with Gasteiger partial charge in [-0.05, 0) is 51.9 Å². The van der Waals surface area contributed by atoms with Gasteiger partial charge in [-0.15, -0.1) is 12.4 Å². The number of aromatic amines is 2. The molecule has 4 aromatic rings. The fraction of sp³-hybridized carbons (Fsp3) is 0.471. The number of piperidine rings is 2. The van der Waals surface area contributed by atoms with Crippen LogP contribution in [0.1, 0.15) is 72.1 Å². The summed E-state index contributed by atoms with van der Waals surface area (Å²) in [5.41, 5.74) is 3.26. The third-order valence-electron chi connectivity index (χ3n) is 10.3. The number of esters is 2. The Balaban J connectivity index is 0.000000150. The number of halogens is 1. The summed E-state index contributed by atoms with van der Waals surface area (Å²) in [5, 5.41) is 1.89. The standard InChI is InChI=1S/2C17H20N2O2.ClH/c2*1-19-11-6-7-12(19)9-13(8-11)21-17(20)15-10-18-16-5-3-2-4-14(15)16;/h2*2-5,10-13,18H,6-9H2,1H3;1H/t2*11-,12+,13+;. The Labute approximate surface area is 258 Å². The number of hydrogen-bond donors (Lipinski definition) is 2. The molecule has 0 unspecified atom stereocenters. The average molecular weight is 605 g/mol. The molecule has 0 spiro atoms. The number of benzene rings is 2. The van der Waals surface area contributed by atoms with E-state index in [1.807, 2.05) is 48.5 Å². The van der Waals surface area contributed by atoms with E-state index >= 15 is 0 Å². The maximum absolute atomic E-state index is 12.4. The number of ether oxygens (including phenoxy) is 2. The Bertz CT molecular complexity index is 1450. The van der Waals surface area contributed by atoms with Crippen LogP contribution in [-0.4, -0.2) is 82.2 Å². The molecule has 4 bridgehead atoms. The molecule has 4 aliphatic rings. The number of carbonyl (C=O) groups is 2. The molecule has 0 amide bonds. The van der Waals surface area contributed by atoms with E-state index in [0.29, 0.717) is 35.3 Å². The molecule has 228 valence electrons. The molecule has 6 heterocycles. The molecule has 2 aromatic heterocycles. The minimum atomic E-state index is -0.193. The molecule has 8 rings (SSSR count). The maximum atomic E-state index is 12.4. The first kappa shape index (κ1) is 29.7. The van der Waals surface area contributed by atoms with Crippen LogP contribution in [0.4, 0.5) is 0 Å². The van der Waals surface area contributed by atoms with Crippen molar-refractivity contribution in [3.63, 3.8) is 0 Å². The van der Waals surface area contributed by atoms with Crippen molar-refractivity contribution in [1.29, 1.82) is 0 Å². The lowest BCUT2D eigenvalue weighted by molar-refractivity contribution is -0.00112. The molecule has 0 aliphatic carbocycles. The predicted molar refractivity (Wildman–Crippen MR) is 170 cm³/mol. The van der Waals surface area contributed by atoms with Gasteiger partial charge in [0.1, 0.15) is 12.2 Å². The lowest BCUT2D eigenvalue weighted by Gasteiger charge is -2.35. The van der Waals surface area contributed by atoms with E-state index in [9.17, 15) is 9.59 Å². The van der Waals surface area contributed by atoms with Crippen molar-refractivity contribution in [1.82, 2.24) is 19.8 Å². The highest BCUT2D eigenvalue weighted by Gasteiger charge is 2.41. The molecule has 4 saturated heterocycles. The molecule has 4 aliphatic heterocycles. The molecule has 0 saturated carbocycles. The van der Waals surface area contributed by atoms with E-state index in [1.54, 1.807) is 12.4 Å². The van der Waals surface area contributed by atoms with Crippen molar-refractivity contribution >= 4 is 46.2 Å².